The minimum absolute atomic E-state index is 0.0590. The number of aromatic nitrogens is 1. The second-order valence-corrected chi connectivity index (χ2v) is 5.35. The summed E-state index contributed by atoms with van der Waals surface area (Å²) in [6.45, 7) is 1.72. The Balaban J connectivity index is 2.59. The minimum Gasteiger partial charge on any atom is -0.493 e. The van der Waals surface area contributed by atoms with E-state index in [2.05, 4.69) is 4.98 Å². The molecule has 0 amide bonds. The smallest absolute Gasteiger partial charge is 0.355 e. The number of hydrogen-bond acceptors (Lipinski definition) is 6. The molecule has 0 atom stereocenters. The van der Waals surface area contributed by atoms with Gasteiger partial charge in [-0.05, 0) is 19.1 Å². The normalized spacial score (nSPS) is 10.3. The number of aromatic carboxylic acids is 1. The quantitative estimate of drug-likeness (QED) is 0.915. The summed E-state index contributed by atoms with van der Waals surface area (Å²) in [5.41, 5.74) is 0.772. The number of methoxy groups -OCH3 is 3. The molecule has 1 heterocycles. The number of thiazole rings is 1. The number of rotatable bonds is 5. The van der Waals surface area contributed by atoms with Crippen LogP contribution < -0.4 is 14.2 Å². The SMILES string of the molecule is COc1cc(-c2nc(C(=O)O)c(C)s2)cc(OC)c1OC. The molecule has 0 aliphatic rings. The summed E-state index contributed by atoms with van der Waals surface area (Å²) in [7, 11) is 4.57. The molecule has 0 unspecified atom stereocenters. The molecule has 2 rings (SSSR count). The second-order valence-electron chi connectivity index (χ2n) is 4.14. The van der Waals surface area contributed by atoms with Gasteiger partial charge < -0.3 is 19.3 Å². The maximum atomic E-state index is 11.1. The van der Waals surface area contributed by atoms with E-state index >= 15 is 0 Å². The van der Waals surface area contributed by atoms with Crippen LogP contribution in [-0.2, 0) is 0 Å². The van der Waals surface area contributed by atoms with Gasteiger partial charge in [-0.15, -0.1) is 11.3 Å². The Labute approximate surface area is 125 Å². The van der Waals surface area contributed by atoms with Crippen molar-refractivity contribution in [1.82, 2.24) is 4.98 Å². The highest BCUT2D eigenvalue weighted by Crippen LogP contribution is 2.42. The third kappa shape index (κ3) is 2.78. The number of benzene rings is 1. The Kier molecular flexibility index (Phi) is 4.32. The van der Waals surface area contributed by atoms with Gasteiger partial charge in [-0.25, -0.2) is 9.78 Å². The van der Waals surface area contributed by atoms with Crippen molar-refractivity contribution in [3.63, 3.8) is 0 Å². The molecule has 1 aromatic heterocycles. The Morgan fingerprint density at radius 1 is 1.14 bits per heavy atom. The van der Waals surface area contributed by atoms with Gasteiger partial charge in [-0.2, -0.15) is 0 Å². The topological polar surface area (TPSA) is 77.9 Å². The predicted octanol–water partition coefficient (Wildman–Crippen LogP) is 2.84. The average Bonchev–Trinajstić information content (AvgIpc) is 2.87. The summed E-state index contributed by atoms with van der Waals surface area (Å²) in [6, 6.07) is 3.48. The monoisotopic (exact) mass is 309 g/mol. The molecule has 7 heteroatoms. The predicted molar refractivity (Wildman–Crippen MR) is 78.9 cm³/mol. The van der Waals surface area contributed by atoms with Crippen LogP contribution in [-0.4, -0.2) is 37.4 Å². The van der Waals surface area contributed by atoms with E-state index in [0.29, 0.717) is 32.7 Å². The molecule has 0 spiro atoms. The van der Waals surface area contributed by atoms with Gasteiger partial charge >= 0.3 is 5.97 Å². The first-order chi connectivity index (χ1) is 10.0. The number of carboxylic acids is 1. The largest absolute Gasteiger partial charge is 0.493 e. The summed E-state index contributed by atoms with van der Waals surface area (Å²) in [5, 5.41) is 9.67. The van der Waals surface area contributed by atoms with Crippen molar-refractivity contribution in [3.8, 4) is 27.8 Å². The molecule has 0 saturated heterocycles. The molecule has 2 aromatic rings. The van der Waals surface area contributed by atoms with Gasteiger partial charge in [0.15, 0.2) is 17.2 Å². The summed E-state index contributed by atoms with van der Waals surface area (Å²) in [4.78, 5) is 15.9. The summed E-state index contributed by atoms with van der Waals surface area (Å²) in [5.74, 6) is 0.436. The van der Waals surface area contributed by atoms with E-state index in [4.69, 9.17) is 19.3 Å². The van der Waals surface area contributed by atoms with Gasteiger partial charge in [0.1, 0.15) is 5.01 Å². The highest BCUT2D eigenvalue weighted by atomic mass is 32.1. The maximum Gasteiger partial charge on any atom is 0.355 e. The number of carbonyl (C=O) groups is 1. The molecule has 1 aromatic carbocycles. The Hall–Kier alpha value is -2.28. The number of aryl methyl sites for hydroxylation is 1. The van der Waals surface area contributed by atoms with E-state index in [1.807, 2.05) is 0 Å². The number of ether oxygens (including phenoxy) is 3. The van der Waals surface area contributed by atoms with Crippen LogP contribution in [0.3, 0.4) is 0 Å². The van der Waals surface area contributed by atoms with Crippen LogP contribution in [0.15, 0.2) is 12.1 Å². The molecule has 0 aliphatic heterocycles. The number of carboxylic acid groups (broad SMARTS) is 1. The van der Waals surface area contributed by atoms with Crippen molar-refractivity contribution in [2.75, 3.05) is 21.3 Å². The first-order valence-corrected chi connectivity index (χ1v) is 6.84. The van der Waals surface area contributed by atoms with Crippen LogP contribution in [0.5, 0.6) is 17.2 Å². The van der Waals surface area contributed by atoms with Crippen molar-refractivity contribution in [2.24, 2.45) is 0 Å². The van der Waals surface area contributed by atoms with Gasteiger partial charge in [0.25, 0.3) is 0 Å². The molecule has 0 aliphatic carbocycles. The lowest BCUT2D eigenvalue weighted by Gasteiger charge is -2.13. The standard InChI is InChI=1S/C14H15NO5S/c1-7-11(14(16)17)15-13(21-7)8-5-9(18-2)12(20-4)10(6-8)19-3/h5-6H,1-4H3,(H,16,17). The van der Waals surface area contributed by atoms with Crippen molar-refractivity contribution >= 4 is 17.3 Å². The summed E-state index contributed by atoms with van der Waals surface area (Å²) >= 11 is 1.30. The van der Waals surface area contributed by atoms with E-state index in [1.54, 1.807) is 19.1 Å². The molecule has 1 N–H and O–H groups in total. The highest BCUT2D eigenvalue weighted by molar-refractivity contribution is 7.15. The number of nitrogens with zero attached hydrogens (tertiary/aromatic N) is 1. The molecule has 6 nitrogen and oxygen atoms in total. The first kappa shape index (κ1) is 15.1. The highest BCUT2D eigenvalue weighted by Gasteiger charge is 2.19. The van der Waals surface area contributed by atoms with Crippen molar-refractivity contribution in [2.45, 2.75) is 6.92 Å². The van der Waals surface area contributed by atoms with E-state index in [9.17, 15) is 4.79 Å². The van der Waals surface area contributed by atoms with Crippen LogP contribution >= 0.6 is 11.3 Å². The lowest BCUT2D eigenvalue weighted by Crippen LogP contribution is -1.98. The third-order valence-corrected chi connectivity index (χ3v) is 3.93. The molecule has 0 radical (unpaired) electrons. The van der Waals surface area contributed by atoms with Crippen molar-refractivity contribution in [3.05, 3.63) is 22.7 Å². The average molecular weight is 309 g/mol. The fourth-order valence-corrected chi connectivity index (χ4v) is 2.82. The fourth-order valence-electron chi connectivity index (χ4n) is 1.92. The lowest BCUT2D eigenvalue weighted by atomic mass is 10.2. The molecule has 0 bridgehead atoms. The Morgan fingerprint density at radius 2 is 1.71 bits per heavy atom. The Morgan fingerprint density at radius 3 is 2.10 bits per heavy atom. The summed E-state index contributed by atoms with van der Waals surface area (Å²) < 4.78 is 15.8. The molecule has 112 valence electrons. The van der Waals surface area contributed by atoms with E-state index in [1.165, 1.54) is 32.7 Å². The van der Waals surface area contributed by atoms with Crippen LogP contribution in [0, 0.1) is 6.92 Å². The van der Waals surface area contributed by atoms with E-state index in [0.717, 1.165) is 0 Å². The fraction of sp³-hybridized carbons (Fsp3) is 0.286. The van der Waals surface area contributed by atoms with E-state index < -0.39 is 5.97 Å². The lowest BCUT2D eigenvalue weighted by molar-refractivity contribution is 0.0690. The van der Waals surface area contributed by atoms with Crippen molar-refractivity contribution < 1.29 is 24.1 Å². The van der Waals surface area contributed by atoms with Crippen LogP contribution in [0.4, 0.5) is 0 Å². The van der Waals surface area contributed by atoms with Crippen LogP contribution in [0.25, 0.3) is 10.6 Å². The van der Waals surface area contributed by atoms with Gasteiger partial charge in [-0.3, -0.25) is 0 Å². The second kappa shape index (κ2) is 6.01. The third-order valence-electron chi connectivity index (χ3n) is 2.91. The van der Waals surface area contributed by atoms with E-state index in [-0.39, 0.29) is 5.69 Å². The van der Waals surface area contributed by atoms with Gasteiger partial charge in [-0.1, -0.05) is 0 Å². The maximum absolute atomic E-state index is 11.1. The molecule has 0 saturated carbocycles. The molecular formula is C14H15NO5S. The zero-order valence-corrected chi connectivity index (χ0v) is 12.9. The van der Waals surface area contributed by atoms with Gasteiger partial charge in [0.2, 0.25) is 5.75 Å². The first-order valence-electron chi connectivity index (χ1n) is 6.03. The van der Waals surface area contributed by atoms with Gasteiger partial charge in [0.05, 0.1) is 21.3 Å². The zero-order valence-electron chi connectivity index (χ0n) is 12.1. The molecule has 21 heavy (non-hydrogen) atoms. The van der Waals surface area contributed by atoms with Crippen LogP contribution in [0.1, 0.15) is 15.4 Å². The Bertz CT molecular complexity index is 655. The van der Waals surface area contributed by atoms with Gasteiger partial charge in [0, 0.05) is 10.4 Å². The minimum atomic E-state index is -1.04. The zero-order chi connectivity index (χ0) is 15.6. The molecule has 0 fully saturated rings. The number of hydrogen-bond donors (Lipinski definition) is 1. The molecular weight excluding hydrogens is 294 g/mol. The van der Waals surface area contributed by atoms with Crippen LogP contribution in [0.2, 0.25) is 0 Å². The van der Waals surface area contributed by atoms with Crippen molar-refractivity contribution in [1.29, 1.82) is 0 Å². The summed E-state index contributed by atoms with van der Waals surface area (Å²) in [6.07, 6.45) is 0.